The lowest BCUT2D eigenvalue weighted by Gasteiger charge is -2.35. The van der Waals surface area contributed by atoms with Crippen molar-refractivity contribution in [3.05, 3.63) is 94.0 Å². The summed E-state index contributed by atoms with van der Waals surface area (Å²) in [5, 5.41) is 8.85. The number of aromatic carboxylic acids is 1. The summed E-state index contributed by atoms with van der Waals surface area (Å²) >= 11 is 7.64. The summed E-state index contributed by atoms with van der Waals surface area (Å²) in [4.78, 5) is 26.5. The fraction of sp³-hybridized carbons (Fsp3) is 0.167. The van der Waals surface area contributed by atoms with Crippen LogP contribution in [-0.4, -0.2) is 22.2 Å². The Morgan fingerprint density at radius 3 is 2.39 bits per heavy atom. The van der Waals surface area contributed by atoms with E-state index in [1.165, 1.54) is 47.0 Å². The Bertz CT molecular complexity index is 1210. The van der Waals surface area contributed by atoms with Crippen molar-refractivity contribution >= 4 is 40.9 Å². The smallest absolute Gasteiger partial charge is 0.416 e. The summed E-state index contributed by atoms with van der Waals surface area (Å²) in [5.74, 6) is -1.39. The number of fused-ring (bicyclic) bond motifs is 1. The van der Waals surface area contributed by atoms with Crippen LogP contribution in [-0.2, 0) is 23.9 Å². The van der Waals surface area contributed by atoms with Gasteiger partial charge in [0.2, 0.25) is 5.91 Å². The zero-order chi connectivity index (χ0) is 23.8. The highest BCUT2D eigenvalue weighted by molar-refractivity contribution is 8.01. The summed E-state index contributed by atoms with van der Waals surface area (Å²) in [5.41, 5.74) is 0.519. The van der Waals surface area contributed by atoms with Crippen LogP contribution < -0.4 is 4.90 Å². The van der Waals surface area contributed by atoms with E-state index in [9.17, 15) is 22.8 Å². The Morgan fingerprint density at radius 2 is 1.73 bits per heavy atom. The molecular weight excluding hydrogens is 475 g/mol. The minimum absolute atomic E-state index is 0.0132. The molecule has 4 nitrogen and oxygen atoms in total. The van der Waals surface area contributed by atoms with Gasteiger partial charge in [0.25, 0.3) is 0 Å². The molecule has 1 aliphatic rings. The largest absolute Gasteiger partial charge is 0.478 e. The average Bonchev–Trinajstić information content (AvgIpc) is 2.77. The zero-order valence-electron chi connectivity index (χ0n) is 17.0. The fourth-order valence-electron chi connectivity index (χ4n) is 3.71. The minimum atomic E-state index is -4.55. The van der Waals surface area contributed by atoms with E-state index in [-0.39, 0.29) is 30.0 Å². The second-order valence-electron chi connectivity index (χ2n) is 7.48. The second-order valence-corrected chi connectivity index (χ2v) is 9.10. The molecule has 9 heteroatoms. The number of rotatable bonds is 5. The van der Waals surface area contributed by atoms with E-state index in [1.54, 1.807) is 30.3 Å². The van der Waals surface area contributed by atoms with Crippen LogP contribution in [0.25, 0.3) is 0 Å². The van der Waals surface area contributed by atoms with Crippen LogP contribution in [0.2, 0.25) is 5.02 Å². The number of alkyl halides is 3. The number of hydrogen-bond acceptors (Lipinski definition) is 3. The van der Waals surface area contributed by atoms with Gasteiger partial charge >= 0.3 is 12.1 Å². The van der Waals surface area contributed by atoms with Crippen LogP contribution in [0.5, 0.6) is 0 Å². The maximum atomic E-state index is 13.5. The Balaban J connectivity index is 1.69. The van der Waals surface area contributed by atoms with Gasteiger partial charge in [-0.1, -0.05) is 48.0 Å². The molecule has 1 atom stereocenters. The third-order valence-electron chi connectivity index (χ3n) is 5.31. The predicted octanol–water partition coefficient (Wildman–Crippen LogP) is 6.31. The molecule has 1 N–H and O–H groups in total. The van der Waals surface area contributed by atoms with Crippen molar-refractivity contribution in [3.63, 3.8) is 0 Å². The van der Waals surface area contributed by atoms with Crippen LogP contribution in [0.3, 0.4) is 0 Å². The highest BCUT2D eigenvalue weighted by atomic mass is 35.5. The molecule has 0 spiro atoms. The number of nitrogens with zero attached hydrogens (tertiary/aromatic N) is 1. The number of carbonyl (C=O) groups is 2. The monoisotopic (exact) mass is 491 g/mol. The van der Waals surface area contributed by atoms with Gasteiger partial charge in [0.15, 0.2) is 0 Å². The number of thioether (sulfide) groups is 1. The summed E-state index contributed by atoms with van der Waals surface area (Å²) in [7, 11) is 0. The minimum Gasteiger partial charge on any atom is -0.478 e. The van der Waals surface area contributed by atoms with Crippen LogP contribution in [0.4, 0.5) is 18.9 Å². The number of benzene rings is 3. The van der Waals surface area contributed by atoms with Gasteiger partial charge in [-0.05, 0) is 47.9 Å². The number of anilines is 1. The highest BCUT2D eigenvalue weighted by Gasteiger charge is 2.38. The molecule has 1 unspecified atom stereocenters. The van der Waals surface area contributed by atoms with E-state index >= 15 is 0 Å². The van der Waals surface area contributed by atoms with Crippen molar-refractivity contribution in [2.45, 2.75) is 29.3 Å². The van der Waals surface area contributed by atoms with E-state index in [0.29, 0.717) is 15.6 Å². The average molecular weight is 492 g/mol. The van der Waals surface area contributed by atoms with Gasteiger partial charge in [-0.2, -0.15) is 13.2 Å². The Hall–Kier alpha value is -2.97. The van der Waals surface area contributed by atoms with Gasteiger partial charge in [-0.3, -0.25) is 4.79 Å². The quantitative estimate of drug-likeness (QED) is 0.454. The number of carboxylic acids is 1. The van der Waals surface area contributed by atoms with Crippen LogP contribution >= 0.6 is 23.4 Å². The molecule has 0 aromatic heterocycles. The molecule has 0 aliphatic carbocycles. The summed E-state index contributed by atoms with van der Waals surface area (Å²) < 4.78 is 40.6. The van der Waals surface area contributed by atoms with Gasteiger partial charge in [-0.15, -0.1) is 11.8 Å². The molecule has 1 aliphatic heterocycles. The normalized spacial score (nSPS) is 15.9. The Kier molecular flexibility index (Phi) is 6.41. The van der Waals surface area contributed by atoms with E-state index in [2.05, 4.69) is 0 Å². The van der Waals surface area contributed by atoms with Crippen molar-refractivity contribution in [1.82, 2.24) is 0 Å². The molecule has 1 amide bonds. The van der Waals surface area contributed by atoms with Crippen molar-refractivity contribution in [1.29, 1.82) is 0 Å². The molecule has 0 fully saturated rings. The van der Waals surface area contributed by atoms with Gasteiger partial charge in [-0.25, -0.2) is 4.79 Å². The molecule has 3 aromatic rings. The number of amides is 1. The van der Waals surface area contributed by atoms with E-state index in [1.807, 2.05) is 0 Å². The lowest BCUT2D eigenvalue weighted by molar-refractivity contribution is -0.138. The number of halogens is 4. The van der Waals surface area contributed by atoms with Crippen LogP contribution in [0.1, 0.15) is 27.0 Å². The van der Waals surface area contributed by atoms with E-state index in [0.717, 1.165) is 11.6 Å². The number of carboxylic acid groups (broad SMARTS) is 1. The predicted molar refractivity (Wildman–Crippen MR) is 121 cm³/mol. The SMILES string of the molecule is O=C(O)c1ccc(CC2Sc3c(Cl)cccc3N(Cc3ccccc3C(F)(F)F)C2=O)cc1. The third kappa shape index (κ3) is 4.86. The molecular formula is C24H17ClF3NO3S. The van der Waals surface area contributed by atoms with Crippen molar-refractivity contribution in [2.75, 3.05) is 4.90 Å². The first kappa shape index (κ1) is 23.2. The van der Waals surface area contributed by atoms with E-state index in [4.69, 9.17) is 16.7 Å². The van der Waals surface area contributed by atoms with Crippen molar-refractivity contribution < 1.29 is 27.9 Å². The first-order valence-corrected chi connectivity index (χ1v) is 11.1. The van der Waals surface area contributed by atoms with Crippen molar-refractivity contribution in [2.24, 2.45) is 0 Å². The first-order chi connectivity index (χ1) is 15.6. The topological polar surface area (TPSA) is 57.6 Å². The molecule has 33 heavy (non-hydrogen) atoms. The highest BCUT2D eigenvalue weighted by Crippen LogP contribution is 2.45. The molecule has 170 valence electrons. The molecule has 1 heterocycles. The van der Waals surface area contributed by atoms with Gasteiger partial charge in [0.1, 0.15) is 0 Å². The summed E-state index contributed by atoms with van der Waals surface area (Å²) in [6, 6.07) is 16.3. The van der Waals surface area contributed by atoms with Crippen LogP contribution in [0.15, 0.2) is 71.6 Å². The van der Waals surface area contributed by atoms with Crippen molar-refractivity contribution in [3.8, 4) is 0 Å². The molecule has 0 saturated heterocycles. The third-order valence-corrected chi connectivity index (χ3v) is 7.06. The van der Waals surface area contributed by atoms with Gasteiger partial charge < -0.3 is 10.0 Å². The lowest BCUT2D eigenvalue weighted by atomic mass is 10.0. The molecule has 4 rings (SSSR count). The standard InChI is InChI=1S/C24H17ClF3NO3S/c25-18-6-3-7-19-21(18)33-20(12-14-8-10-15(11-9-14)23(31)32)22(30)29(19)13-16-4-1-2-5-17(16)24(26,27)28/h1-11,20H,12-13H2,(H,31,32). The summed E-state index contributed by atoms with van der Waals surface area (Å²) in [6.07, 6.45) is -4.28. The second kappa shape index (κ2) is 9.11. The molecule has 0 bridgehead atoms. The first-order valence-electron chi connectivity index (χ1n) is 9.89. The number of hydrogen-bond donors (Lipinski definition) is 1. The Labute approximate surface area is 197 Å². The molecule has 0 radical (unpaired) electrons. The molecule has 3 aromatic carbocycles. The van der Waals surface area contributed by atoms with Gasteiger partial charge in [0.05, 0.1) is 38.5 Å². The van der Waals surface area contributed by atoms with E-state index < -0.39 is 23.0 Å². The zero-order valence-corrected chi connectivity index (χ0v) is 18.5. The Morgan fingerprint density at radius 1 is 1.03 bits per heavy atom. The van der Waals surface area contributed by atoms with Gasteiger partial charge in [0, 0.05) is 0 Å². The maximum Gasteiger partial charge on any atom is 0.416 e. The molecule has 0 saturated carbocycles. The summed E-state index contributed by atoms with van der Waals surface area (Å²) in [6.45, 7) is -0.253. The fourth-order valence-corrected chi connectivity index (χ4v) is 5.28. The van der Waals surface area contributed by atoms with Crippen LogP contribution in [0, 0.1) is 0 Å². The maximum absolute atomic E-state index is 13.5. The number of carbonyl (C=O) groups excluding carboxylic acids is 1. The lowest BCUT2D eigenvalue weighted by Crippen LogP contribution is -2.42.